The molecule has 5 nitrogen and oxygen atoms in total. The standard InChI is InChI=1S/C26H23NO4/c1-17-25-20(15-27(16-30-25)14-19-8-10-21(29-2)11-9-19)13-22-24(28)23(31-26(17)22)12-18-6-4-3-5-7-18/h3-13H,14-16H2,1-2H3/b23-12-. The summed E-state index contributed by atoms with van der Waals surface area (Å²) in [5.74, 6) is 2.53. The molecule has 0 bridgehead atoms. The second-order valence-corrected chi connectivity index (χ2v) is 7.83. The van der Waals surface area contributed by atoms with E-state index >= 15 is 0 Å². The van der Waals surface area contributed by atoms with Crippen LogP contribution in [0.25, 0.3) is 6.08 Å². The van der Waals surface area contributed by atoms with Crippen molar-refractivity contribution in [3.63, 3.8) is 0 Å². The first-order chi connectivity index (χ1) is 15.1. The second kappa shape index (κ2) is 7.93. The minimum atomic E-state index is -0.0861. The van der Waals surface area contributed by atoms with E-state index in [1.165, 1.54) is 5.56 Å². The van der Waals surface area contributed by atoms with Crippen LogP contribution in [-0.2, 0) is 13.1 Å². The first kappa shape index (κ1) is 19.4. The highest BCUT2D eigenvalue weighted by Gasteiger charge is 2.33. The number of carbonyl (C=O) groups is 1. The van der Waals surface area contributed by atoms with Crippen molar-refractivity contribution in [1.82, 2.24) is 4.90 Å². The zero-order chi connectivity index (χ0) is 21.4. The van der Waals surface area contributed by atoms with E-state index in [9.17, 15) is 4.79 Å². The smallest absolute Gasteiger partial charge is 0.231 e. The number of ketones is 1. The van der Waals surface area contributed by atoms with Gasteiger partial charge in [-0.2, -0.15) is 0 Å². The molecular formula is C26H23NO4. The maximum atomic E-state index is 13.0. The van der Waals surface area contributed by atoms with Crippen molar-refractivity contribution in [2.24, 2.45) is 0 Å². The molecule has 3 aromatic rings. The monoisotopic (exact) mass is 413 g/mol. The third-order valence-electron chi connectivity index (χ3n) is 5.66. The van der Waals surface area contributed by atoms with Gasteiger partial charge in [-0.05, 0) is 42.3 Å². The van der Waals surface area contributed by atoms with Crippen LogP contribution in [0, 0.1) is 6.92 Å². The predicted molar refractivity (Wildman–Crippen MR) is 118 cm³/mol. The van der Waals surface area contributed by atoms with Crippen molar-refractivity contribution >= 4 is 11.9 Å². The van der Waals surface area contributed by atoms with Crippen molar-refractivity contribution in [3.8, 4) is 17.2 Å². The molecule has 0 N–H and O–H groups in total. The average molecular weight is 413 g/mol. The SMILES string of the molecule is COc1ccc(CN2COc3c(cc4c(c3C)O/C(=C\c3ccccc3)C4=O)C2)cc1. The fourth-order valence-electron chi connectivity index (χ4n) is 4.09. The summed E-state index contributed by atoms with van der Waals surface area (Å²) in [7, 11) is 1.66. The van der Waals surface area contributed by atoms with Crippen LogP contribution in [0.4, 0.5) is 0 Å². The second-order valence-electron chi connectivity index (χ2n) is 7.83. The number of hydrogen-bond donors (Lipinski definition) is 0. The summed E-state index contributed by atoms with van der Waals surface area (Å²) < 4.78 is 17.3. The van der Waals surface area contributed by atoms with Crippen LogP contribution in [0.3, 0.4) is 0 Å². The van der Waals surface area contributed by atoms with Crippen molar-refractivity contribution in [3.05, 3.63) is 94.2 Å². The number of nitrogens with zero attached hydrogens (tertiary/aromatic N) is 1. The molecule has 0 aromatic heterocycles. The van der Waals surface area contributed by atoms with Gasteiger partial charge in [0.1, 0.15) is 24.0 Å². The van der Waals surface area contributed by atoms with E-state index in [0.29, 0.717) is 30.3 Å². The fraction of sp³-hybridized carbons (Fsp3) is 0.192. The van der Waals surface area contributed by atoms with Gasteiger partial charge >= 0.3 is 0 Å². The number of benzene rings is 3. The summed E-state index contributed by atoms with van der Waals surface area (Å²) in [5.41, 5.74) is 4.60. The van der Waals surface area contributed by atoms with Crippen molar-refractivity contribution in [1.29, 1.82) is 0 Å². The lowest BCUT2D eigenvalue weighted by Crippen LogP contribution is -2.32. The van der Waals surface area contributed by atoms with Gasteiger partial charge in [-0.1, -0.05) is 42.5 Å². The van der Waals surface area contributed by atoms with Crippen LogP contribution in [0.2, 0.25) is 0 Å². The number of fused-ring (bicyclic) bond motifs is 2. The van der Waals surface area contributed by atoms with Gasteiger partial charge in [-0.25, -0.2) is 0 Å². The van der Waals surface area contributed by atoms with E-state index in [-0.39, 0.29) is 5.78 Å². The lowest BCUT2D eigenvalue weighted by Gasteiger charge is -2.30. The minimum Gasteiger partial charge on any atom is -0.497 e. The Hall–Kier alpha value is -3.57. The van der Waals surface area contributed by atoms with Gasteiger partial charge in [0.15, 0.2) is 5.76 Å². The molecule has 5 heteroatoms. The topological polar surface area (TPSA) is 48.0 Å². The number of allylic oxidation sites excluding steroid dienone is 1. The van der Waals surface area contributed by atoms with Crippen LogP contribution in [-0.4, -0.2) is 24.5 Å². The first-order valence-corrected chi connectivity index (χ1v) is 10.3. The number of rotatable bonds is 4. The molecule has 2 aliphatic heterocycles. The van der Waals surface area contributed by atoms with Gasteiger partial charge in [0.25, 0.3) is 0 Å². The van der Waals surface area contributed by atoms with Crippen molar-refractivity contribution < 1.29 is 19.0 Å². The quantitative estimate of drug-likeness (QED) is 0.565. The Morgan fingerprint density at radius 3 is 2.58 bits per heavy atom. The van der Waals surface area contributed by atoms with Crippen molar-refractivity contribution in [2.75, 3.05) is 13.8 Å². The van der Waals surface area contributed by atoms with Gasteiger partial charge in [0.2, 0.25) is 5.78 Å². The molecule has 0 saturated carbocycles. The third kappa shape index (κ3) is 3.68. The molecule has 3 aromatic carbocycles. The molecule has 0 radical (unpaired) electrons. The molecule has 0 unspecified atom stereocenters. The Kier molecular flexibility index (Phi) is 4.96. The van der Waals surface area contributed by atoms with E-state index in [0.717, 1.165) is 34.7 Å². The highest BCUT2D eigenvalue weighted by Crippen LogP contribution is 2.43. The largest absolute Gasteiger partial charge is 0.497 e. The van der Waals surface area contributed by atoms with E-state index in [4.69, 9.17) is 14.2 Å². The number of methoxy groups -OCH3 is 1. The van der Waals surface area contributed by atoms with E-state index in [1.807, 2.05) is 55.5 Å². The molecule has 5 rings (SSSR count). The number of Topliss-reactive ketones (excluding diaryl/α,β-unsaturated/α-hetero) is 1. The van der Waals surface area contributed by atoms with Crippen LogP contribution in [0.15, 0.2) is 66.4 Å². The zero-order valence-electron chi connectivity index (χ0n) is 17.6. The van der Waals surface area contributed by atoms with Gasteiger partial charge < -0.3 is 14.2 Å². The Morgan fingerprint density at radius 1 is 1.06 bits per heavy atom. The number of ether oxygens (including phenoxy) is 3. The predicted octanol–water partition coefficient (Wildman–Crippen LogP) is 4.97. The fourth-order valence-corrected chi connectivity index (χ4v) is 4.09. The lowest BCUT2D eigenvalue weighted by atomic mass is 10.00. The van der Waals surface area contributed by atoms with E-state index < -0.39 is 0 Å². The normalized spacial score (nSPS) is 16.5. The molecule has 156 valence electrons. The van der Waals surface area contributed by atoms with E-state index in [1.54, 1.807) is 13.2 Å². The summed E-state index contributed by atoms with van der Waals surface area (Å²) in [5, 5.41) is 0. The maximum absolute atomic E-state index is 13.0. The molecular weight excluding hydrogens is 390 g/mol. The summed E-state index contributed by atoms with van der Waals surface area (Å²) in [4.78, 5) is 15.2. The number of hydrogen-bond acceptors (Lipinski definition) is 5. The molecule has 2 heterocycles. The van der Waals surface area contributed by atoms with Crippen LogP contribution >= 0.6 is 0 Å². The Labute approximate surface area is 181 Å². The lowest BCUT2D eigenvalue weighted by molar-refractivity contribution is 0.0876. The first-order valence-electron chi connectivity index (χ1n) is 10.3. The molecule has 0 fully saturated rings. The van der Waals surface area contributed by atoms with Crippen LogP contribution < -0.4 is 14.2 Å². The van der Waals surface area contributed by atoms with Crippen molar-refractivity contribution in [2.45, 2.75) is 20.0 Å². The number of carbonyl (C=O) groups excluding carboxylic acids is 1. The molecule has 0 saturated heterocycles. The molecule has 0 aliphatic carbocycles. The van der Waals surface area contributed by atoms with Gasteiger partial charge in [-0.3, -0.25) is 9.69 Å². The third-order valence-corrected chi connectivity index (χ3v) is 5.66. The molecule has 31 heavy (non-hydrogen) atoms. The van der Waals surface area contributed by atoms with Gasteiger partial charge in [0.05, 0.1) is 12.7 Å². The highest BCUT2D eigenvalue weighted by molar-refractivity contribution is 6.15. The Morgan fingerprint density at radius 2 is 1.84 bits per heavy atom. The maximum Gasteiger partial charge on any atom is 0.231 e. The molecule has 0 spiro atoms. The van der Waals surface area contributed by atoms with Crippen LogP contribution in [0.1, 0.15) is 32.6 Å². The Balaban J connectivity index is 1.39. The summed E-state index contributed by atoms with van der Waals surface area (Å²) in [6.07, 6.45) is 1.79. The zero-order valence-corrected chi connectivity index (χ0v) is 17.6. The molecule has 0 amide bonds. The summed E-state index contributed by atoms with van der Waals surface area (Å²) >= 11 is 0. The summed E-state index contributed by atoms with van der Waals surface area (Å²) in [6.45, 7) is 3.90. The molecule has 2 aliphatic rings. The molecule has 0 atom stereocenters. The average Bonchev–Trinajstić information content (AvgIpc) is 3.11. The Bertz CT molecular complexity index is 1170. The minimum absolute atomic E-state index is 0.0861. The summed E-state index contributed by atoms with van der Waals surface area (Å²) in [6, 6.07) is 19.7. The van der Waals surface area contributed by atoms with E-state index in [2.05, 4.69) is 17.0 Å². The highest BCUT2D eigenvalue weighted by atomic mass is 16.5. The van der Waals surface area contributed by atoms with Gasteiger partial charge in [-0.15, -0.1) is 0 Å². The van der Waals surface area contributed by atoms with Gasteiger partial charge in [0, 0.05) is 24.2 Å². The van der Waals surface area contributed by atoms with Crippen LogP contribution in [0.5, 0.6) is 17.2 Å².